The molecule has 0 aliphatic heterocycles. The minimum absolute atomic E-state index is 0.172. The van der Waals surface area contributed by atoms with Crippen LogP contribution in [0.4, 0.5) is 19.0 Å². The Balaban J connectivity index is 1.63. The second-order valence-corrected chi connectivity index (χ2v) is 7.87. The van der Waals surface area contributed by atoms with Gasteiger partial charge in [0.1, 0.15) is 11.0 Å². The molecule has 4 aromatic heterocycles. The summed E-state index contributed by atoms with van der Waals surface area (Å²) in [5.74, 6) is -0.916. The van der Waals surface area contributed by atoms with Gasteiger partial charge in [-0.05, 0) is 30.7 Å². The Labute approximate surface area is 202 Å². The quantitative estimate of drug-likeness (QED) is 0.388. The molecule has 0 fully saturated rings. The lowest BCUT2D eigenvalue weighted by molar-refractivity contribution is -0.136. The lowest BCUT2D eigenvalue weighted by atomic mass is 10.1. The van der Waals surface area contributed by atoms with Gasteiger partial charge in [-0.2, -0.15) is 13.2 Å². The maximum atomic E-state index is 13.8. The number of nitrogens with one attached hydrogen (secondary N) is 1. The number of amides is 2. The van der Waals surface area contributed by atoms with E-state index in [4.69, 9.17) is 16.0 Å². The van der Waals surface area contributed by atoms with Crippen molar-refractivity contribution in [3.8, 4) is 11.1 Å². The largest absolute Gasteiger partial charge is 0.472 e. The van der Waals surface area contributed by atoms with Crippen molar-refractivity contribution in [1.29, 1.82) is 0 Å². The summed E-state index contributed by atoms with van der Waals surface area (Å²) >= 11 is 6.27. The van der Waals surface area contributed by atoms with Gasteiger partial charge >= 0.3 is 6.18 Å². The predicted octanol–water partition coefficient (Wildman–Crippen LogP) is 4.83. The smallest absolute Gasteiger partial charge is 0.420 e. The van der Waals surface area contributed by atoms with Crippen molar-refractivity contribution in [3.63, 3.8) is 0 Å². The lowest BCUT2D eigenvalue weighted by Gasteiger charge is -2.21. The summed E-state index contributed by atoms with van der Waals surface area (Å²) in [4.78, 5) is 34.9. The highest BCUT2D eigenvalue weighted by atomic mass is 35.5. The molecule has 4 aromatic rings. The third-order valence-electron chi connectivity index (χ3n) is 5.11. The Morgan fingerprint density at radius 1 is 1.23 bits per heavy atom. The maximum Gasteiger partial charge on any atom is 0.420 e. The van der Waals surface area contributed by atoms with Crippen molar-refractivity contribution in [3.05, 3.63) is 71.7 Å². The molecule has 4 rings (SSSR count). The molecule has 4 heterocycles. The zero-order valence-electron chi connectivity index (χ0n) is 18.3. The second-order valence-electron chi connectivity index (χ2n) is 7.51. The Bertz CT molecular complexity index is 1350. The fourth-order valence-electron chi connectivity index (χ4n) is 3.50. The van der Waals surface area contributed by atoms with E-state index >= 15 is 0 Å². The minimum atomic E-state index is -4.76. The third-order valence-corrected chi connectivity index (χ3v) is 5.47. The monoisotopic (exact) mass is 505 g/mol. The van der Waals surface area contributed by atoms with Gasteiger partial charge in [0.25, 0.3) is 5.91 Å². The zero-order valence-corrected chi connectivity index (χ0v) is 19.1. The number of fused-ring (bicyclic) bond motifs is 1. The van der Waals surface area contributed by atoms with Crippen molar-refractivity contribution in [2.45, 2.75) is 19.5 Å². The van der Waals surface area contributed by atoms with E-state index in [9.17, 15) is 22.8 Å². The predicted molar refractivity (Wildman–Crippen MR) is 122 cm³/mol. The van der Waals surface area contributed by atoms with Crippen LogP contribution in [-0.2, 0) is 11.0 Å². The molecule has 0 aromatic carbocycles. The molecular weight excluding hydrogens is 487 g/mol. The van der Waals surface area contributed by atoms with E-state index in [2.05, 4.69) is 15.3 Å². The zero-order chi connectivity index (χ0) is 25.2. The van der Waals surface area contributed by atoms with Gasteiger partial charge in [-0.25, -0.2) is 9.97 Å². The maximum absolute atomic E-state index is 13.8. The van der Waals surface area contributed by atoms with Crippen LogP contribution in [0.3, 0.4) is 0 Å². The lowest BCUT2D eigenvalue weighted by Crippen LogP contribution is -2.41. The molecule has 35 heavy (non-hydrogen) atoms. The van der Waals surface area contributed by atoms with Crippen LogP contribution in [0.5, 0.6) is 0 Å². The van der Waals surface area contributed by atoms with Crippen molar-refractivity contribution < 1.29 is 27.2 Å². The summed E-state index contributed by atoms with van der Waals surface area (Å²) in [5, 5.41) is 2.07. The number of carbonyl (C=O) groups is 2. The molecule has 0 bridgehead atoms. The van der Waals surface area contributed by atoms with Crippen LogP contribution >= 0.6 is 11.6 Å². The Hall–Kier alpha value is -3.86. The first kappa shape index (κ1) is 24.3. The number of pyridine rings is 2. The number of alkyl halides is 3. The van der Waals surface area contributed by atoms with Crippen molar-refractivity contribution >= 4 is 34.9 Å². The highest BCUT2D eigenvalue weighted by Gasteiger charge is 2.36. The molecule has 2 amide bonds. The van der Waals surface area contributed by atoms with Gasteiger partial charge in [0.2, 0.25) is 5.91 Å². The first-order valence-corrected chi connectivity index (χ1v) is 10.9. The van der Waals surface area contributed by atoms with Crippen LogP contribution in [0, 0.1) is 0 Å². The number of carbonyl (C=O) groups excluding carboxylic acids is 2. The molecule has 182 valence electrons. The van der Waals surface area contributed by atoms with Gasteiger partial charge in [-0.3, -0.25) is 18.9 Å². The second kappa shape index (κ2) is 9.79. The fourth-order valence-corrected chi connectivity index (χ4v) is 3.75. The van der Waals surface area contributed by atoms with Crippen molar-refractivity contribution in [2.24, 2.45) is 0 Å². The number of rotatable bonds is 7. The Morgan fingerprint density at radius 3 is 2.66 bits per heavy atom. The van der Waals surface area contributed by atoms with Gasteiger partial charge < -0.3 is 9.73 Å². The van der Waals surface area contributed by atoms with E-state index in [0.29, 0.717) is 24.3 Å². The Morgan fingerprint density at radius 2 is 2.03 bits per heavy atom. The molecule has 12 heteroatoms. The molecule has 0 unspecified atom stereocenters. The van der Waals surface area contributed by atoms with Crippen LogP contribution in [0.15, 0.2) is 59.7 Å². The molecule has 0 atom stereocenters. The number of anilines is 1. The molecule has 0 aliphatic rings. The van der Waals surface area contributed by atoms with E-state index < -0.39 is 41.4 Å². The van der Waals surface area contributed by atoms with E-state index in [-0.39, 0.29) is 10.7 Å². The van der Waals surface area contributed by atoms with Crippen LogP contribution in [-0.4, -0.2) is 39.3 Å². The van der Waals surface area contributed by atoms with Crippen LogP contribution < -0.4 is 10.2 Å². The van der Waals surface area contributed by atoms with Crippen LogP contribution in [0.2, 0.25) is 5.15 Å². The highest BCUT2D eigenvalue weighted by molar-refractivity contribution is 6.33. The topological polar surface area (TPSA) is 92.7 Å². The van der Waals surface area contributed by atoms with E-state index in [1.165, 1.54) is 35.9 Å². The van der Waals surface area contributed by atoms with E-state index in [1.54, 1.807) is 18.2 Å². The molecule has 0 radical (unpaired) electrons. The van der Waals surface area contributed by atoms with E-state index in [1.807, 2.05) is 6.92 Å². The number of halogens is 4. The number of imidazole rings is 1. The number of nitrogens with zero attached hydrogens (tertiary/aromatic N) is 4. The van der Waals surface area contributed by atoms with Crippen molar-refractivity contribution in [2.75, 3.05) is 18.0 Å². The van der Waals surface area contributed by atoms with Crippen molar-refractivity contribution in [1.82, 2.24) is 19.7 Å². The highest BCUT2D eigenvalue weighted by Crippen LogP contribution is 2.37. The molecular formula is C23H19ClF3N5O3. The summed E-state index contributed by atoms with van der Waals surface area (Å²) in [5.41, 5.74) is -1.48. The number of furan rings is 1. The molecule has 0 aliphatic carbocycles. The number of aromatic nitrogens is 3. The minimum Gasteiger partial charge on any atom is -0.472 e. The normalized spacial score (nSPS) is 11.6. The summed E-state index contributed by atoms with van der Waals surface area (Å²) in [6.45, 7) is 1.83. The number of hydrogen-bond acceptors (Lipinski definition) is 5. The molecule has 0 saturated carbocycles. The third kappa shape index (κ3) is 4.99. The Kier molecular flexibility index (Phi) is 6.79. The van der Waals surface area contributed by atoms with Gasteiger partial charge in [-0.15, -0.1) is 0 Å². The molecule has 0 saturated heterocycles. The average Bonchev–Trinajstić information content (AvgIpc) is 3.49. The van der Waals surface area contributed by atoms with E-state index in [0.717, 1.165) is 10.5 Å². The fraction of sp³-hybridized carbons (Fsp3) is 0.217. The van der Waals surface area contributed by atoms with Crippen LogP contribution in [0.25, 0.3) is 16.8 Å². The number of hydrogen-bond donors (Lipinski definition) is 1. The molecule has 0 spiro atoms. The van der Waals surface area contributed by atoms with Gasteiger partial charge in [0.15, 0.2) is 11.3 Å². The average molecular weight is 506 g/mol. The molecule has 8 nitrogen and oxygen atoms in total. The first-order chi connectivity index (χ1) is 16.7. The van der Waals surface area contributed by atoms with Gasteiger partial charge in [0, 0.05) is 30.1 Å². The SMILES string of the molecule is CCCN(C(=O)CNC(=O)c1nc2c(C(F)(F)F)cc(-c3ccoc3)cn2c1Cl)c1ccccn1. The standard InChI is InChI=1S/C23H19ClF3N5O3/c1-2-8-31(17-5-3-4-7-28-17)18(33)11-29-22(34)19-20(24)32-12-15(14-6-9-35-13-14)10-16(21(32)30-19)23(25,26)27/h3-7,9-10,12-13H,2,8,11H2,1H3,(H,29,34). The van der Waals surface area contributed by atoms with Crippen LogP contribution in [0.1, 0.15) is 29.4 Å². The van der Waals surface area contributed by atoms with Gasteiger partial charge in [0.05, 0.1) is 24.6 Å². The molecule has 1 N–H and O–H groups in total. The summed E-state index contributed by atoms with van der Waals surface area (Å²) in [6.07, 6.45) is 1.36. The summed E-state index contributed by atoms with van der Waals surface area (Å²) in [6, 6.07) is 7.49. The first-order valence-electron chi connectivity index (χ1n) is 10.5. The summed E-state index contributed by atoms with van der Waals surface area (Å²) in [7, 11) is 0. The van der Waals surface area contributed by atoms with Gasteiger partial charge in [-0.1, -0.05) is 24.6 Å². The summed E-state index contributed by atoms with van der Waals surface area (Å²) < 4.78 is 47.3.